The Morgan fingerprint density at radius 1 is 1.28 bits per heavy atom. The highest BCUT2D eigenvalue weighted by Gasteiger charge is 2.10. The first-order valence-electron chi connectivity index (χ1n) is 5.43. The molecule has 0 saturated carbocycles. The van der Waals surface area contributed by atoms with Crippen molar-refractivity contribution in [3.8, 4) is 11.5 Å². The van der Waals surface area contributed by atoms with Crippen molar-refractivity contribution in [1.82, 2.24) is 19.7 Å². The minimum Gasteiger partial charge on any atom is -0.467 e. The van der Waals surface area contributed by atoms with E-state index in [0.29, 0.717) is 17.1 Å². The Balaban J connectivity index is 2.04. The predicted octanol–water partition coefficient (Wildman–Crippen LogP) is 2.64. The Hall–Kier alpha value is -2.21. The molecule has 3 aromatic heterocycles. The zero-order valence-corrected chi connectivity index (χ0v) is 10.2. The van der Waals surface area contributed by atoms with E-state index < -0.39 is 0 Å². The maximum absolute atomic E-state index is 5.32. The maximum atomic E-state index is 5.32. The van der Waals surface area contributed by atoms with Crippen molar-refractivity contribution in [2.75, 3.05) is 0 Å². The normalized spacial score (nSPS) is 10.7. The van der Waals surface area contributed by atoms with Crippen molar-refractivity contribution in [1.29, 1.82) is 0 Å². The Morgan fingerprint density at radius 2 is 2.22 bits per heavy atom. The van der Waals surface area contributed by atoms with E-state index >= 15 is 0 Å². The van der Waals surface area contributed by atoms with E-state index in [1.165, 1.54) is 0 Å². The monoisotopic (exact) mass is 258 g/mol. The fourth-order valence-corrected chi connectivity index (χ4v) is 1.91. The predicted molar refractivity (Wildman–Crippen MR) is 68.5 cm³/mol. The largest absolute Gasteiger partial charge is 0.467 e. The Labute approximate surface area is 108 Å². The molecule has 3 heterocycles. The zero-order chi connectivity index (χ0) is 12.4. The SMILES string of the molecule is S=c1[nH]nc(-c2ccccn2)n1Cc1ccco1. The number of aromatic nitrogens is 4. The first kappa shape index (κ1) is 10.9. The van der Waals surface area contributed by atoms with Gasteiger partial charge in [0.25, 0.3) is 0 Å². The van der Waals surface area contributed by atoms with Crippen molar-refractivity contribution in [3.05, 3.63) is 53.3 Å². The van der Waals surface area contributed by atoms with Gasteiger partial charge in [0.05, 0.1) is 12.8 Å². The standard InChI is InChI=1S/C12H10N4OS/c18-12-15-14-11(10-5-1-2-6-13-10)16(12)8-9-4-3-7-17-9/h1-7H,8H2,(H,15,18). The number of H-pyrrole nitrogens is 1. The van der Waals surface area contributed by atoms with Crippen LogP contribution in [0.25, 0.3) is 11.5 Å². The van der Waals surface area contributed by atoms with Crippen LogP contribution < -0.4 is 0 Å². The summed E-state index contributed by atoms with van der Waals surface area (Å²) < 4.78 is 7.73. The van der Waals surface area contributed by atoms with Gasteiger partial charge in [-0.05, 0) is 36.5 Å². The minimum atomic E-state index is 0.536. The van der Waals surface area contributed by atoms with E-state index in [1.54, 1.807) is 12.5 Å². The van der Waals surface area contributed by atoms with Gasteiger partial charge in [-0.3, -0.25) is 14.6 Å². The van der Waals surface area contributed by atoms with Crippen molar-refractivity contribution in [2.45, 2.75) is 6.54 Å². The molecule has 1 N–H and O–H groups in total. The average Bonchev–Trinajstić information content (AvgIpc) is 3.03. The topological polar surface area (TPSA) is 59.6 Å². The van der Waals surface area contributed by atoms with Crippen molar-refractivity contribution >= 4 is 12.2 Å². The van der Waals surface area contributed by atoms with Crippen LogP contribution in [0, 0.1) is 4.77 Å². The molecule has 5 nitrogen and oxygen atoms in total. The van der Waals surface area contributed by atoms with Crippen LogP contribution in [-0.2, 0) is 6.54 Å². The highest BCUT2D eigenvalue weighted by Crippen LogP contribution is 2.15. The number of hydrogen-bond acceptors (Lipinski definition) is 4. The van der Waals surface area contributed by atoms with Gasteiger partial charge in [-0.2, -0.15) is 5.10 Å². The van der Waals surface area contributed by atoms with E-state index in [4.69, 9.17) is 16.6 Å². The van der Waals surface area contributed by atoms with Gasteiger partial charge in [-0.1, -0.05) is 6.07 Å². The van der Waals surface area contributed by atoms with Crippen molar-refractivity contribution in [3.63, 3.8) is 0 Å². The lowest BCUT2D eigenvalue weighted by Gasteiger charge is -2.03. The second-order valence-electron chi connectivity index (χ2n) is 3.73. The molecule has 0 fully saturated rings. The Kier molecular flexibility index (Phi) is 2.77. The van der Waals surface area contributed by atoms with Crippen LogP contribution in [0.5, 0.6) is 0 Å². The summed E-state index contributed by atoms with van der Waals surface area (Å²) in [6.07, 6.45) is 3.36. The summed E-state index contributed by atoms with van der Waals surface area (Å²) in [6.45, 7) is 0.536. The third-order valence-corrected chi connectivity index (χ3v) is 2.86. The molecule has 0 saturated heterocycles. The molecule has 0 radical (unpaired) electrons. The quantitative estimate of drug-likeness (QED) is 0.734. The fourth-order valence-electron chi connectivity index (χ4n) is 1.71. The number of hydrogen-bond donors (Lipinski definition) is 1. The number of nitrogens with zero attached hydrogens (tertiary/aromatic N) is 3. The van der Waals surface area contributed by atoms with Crippen LogP contribution in [0.1, 0.15) is 5.76 Å². The molecule has 0 aliphatic heterocycles. The molecule has 0 aliphatic carbocycles. The van der Waals surface area contributed by atoms with Crippen molar-refractivity contribution in [2.24, 2.45) is 0 Å². The fraction of sp³-hybridized carbons (Fsp3) is 0.0833. The number of pyridine rings is 1. The molecule has 0 bridgehead atoms. The molecule has 90 valence electrons. The molecule has 0 aliphatic rings. The van der Waals surface area contributed by atoms with Crippen LogP contribution in [0.2, 0.25) is 0 Å². The molecule has 18 heavy (non-hydrogen) atoms. The third-order valence-electron chi connectivity index (χ3n) is 2.55. The second-order valence-corrected chi connectivity index (χ2v) is 4.12. The van der Waals surface area contributed by atoms with Crippen LogP contribution in [0.4, 0.5) is 0 Å². The van der Waals surface area contributed by atoms with Crippen molar-refractivity contribution < 1.29 is 4.42 Å². The number of nitrogens with one attached hydrogen (secondary N) is 1. The number of rotatable bonds is 3. The summed E-state index contributed by atoms with van der Waals surface area (Å²) in [5, 5.41) is 6.99. The molecule has 0 amide bonds. The summed E-state index contributed by atoms with van der Waals surface area (Å²) in [5.74, 6) is 1.53. The molecule has 3 rings (SSSR count). The highest BCUT2D eigenvalue weighted by molar-refractivity contribution is 7.71. The minimum absolute atomic E-state index is 0.536. The van der Waals surface area contributed by atoms with E-state index in [-0.39, 0.29) is 0 Å². The van der Waals surface area contributed by atoms with Gasteiger partial charge >= 0.3 is 0 Å². The van der Waals surface area contributed by atoms with Gasteiger partial charge in [0.15, 0.2) is 10.6 Å². The van der Waals surface area contributed by atoms with E-state index in [1.807, 2.05) is 34.9 Å². The third kappa shape index (κ3) is 1.98. The van der Waals surface area contributed by atoms with Gasteiger partial charge in [-0.25, -0.2) is 0 Å². The molecular weight excluding hydrogens is 248 g/mol. The summed E-state index contributed by atoms with van der Waals surface area (Å²) in [7, 11) is 0. The first-order valence-corrected chi connectivity index (χ1v) is 5.84. The summed E-state index contributed by atoms with van der Waals surface area (Å²) in [5.41, 5.74) is 0.774. The Morgan fingerprint density at radius 3 is 2.94 bits per heavy atom. The number of aromatic amines is 1. The molecule has 0 spiro atoms. The highest BCUT2D eigenvalue weighted by atomic mass is 32.1. The smallest absolute Gasteiger partial charge is 0.195 e. The van der Waals surface area contributed by atoms with Crippen LogP contribution in [0.3, 0.4) is 0 Å². The second kappa shape index (κ2) is 4.58. The summed E-state index contributed by atoms with van der Waals surface area (Å²) in [4.78, 5) is 4.27. The van der Waals surface area contributed by atoms with E-state index in [0.717, 1.165) is 11.5 Å². The molecule has 0 atom stereocenters. The molecule has 6 heteroatoms. The molecule has 0 unspecified atom stereocenters. The maximum Gasteiger partial charge on any atom is 0.195 e. The van der Waals surface area contributed by atoms with Crippen LogP contribution in [-0.4, -0.2) is 19.7 Å². The van der Waals surface area contributed by atoms with Crippen LogP contribution >= 0.6 is 12.2 Å². The zero-order valence-electron chi connectivity index (χ0n) is 9.41. The number of furan rings is 1. The first-order chi connectivity index (χ1) is 8.84. The molecular formula is C12H10N4OS. The van der Waals surface area contributed by atoms with Gasteiger partial charge in [0.2, 0.25) is 0 Å². The lowest BCUT2D eigenvalue weighted by atomic mass is 10.3. The van der Waals surface area contributed by atoms with Gasteiger partial charge in [0, 0.05) is 6.20 Å². The average molecular weight is 258 g/mol. The van der Waals surface area contributed by atoms with Gasteiger partial charge in [0.1, 0.15) is 11.5 Å². The molecule has 3 aromatic rings. The van der Waals surface area contributed by atoms with Gasteiger partial charge in [-0.15, -0.1) is 0 Å². The van der Waals surface area contributed by atoms with E-state index in [9.17, 15) is 0 Å². The lowest BCUT2D eigenvalue weighted by Crippen LogP contribution is -2.02. The lowest BCUT2D eigenvalue weighted by molar-refractivity contribution is 0.493. The van der Waals surface area contributed by atoms with Gasteiger partial charge < -0.3 is 4.42 Å². The summed E-state index contributed by atoms with van der Waals surface area (Å²) >= 11 is 5.22. The molecule has 0 aromatic carbocycles. The van der Waals surface area contributed by atoms with Crippen LogP contribution in [0.15, 0.2) is 47.2 Å². The Bertz CT molecular complexity index is 684. The van der Waals surface area contributed by atoms with E-state index in [2.05, 4.69) is 15.2 Å². The summed E-state index contributed by atoms with van der Waals surface area (Å²) in [6, 6.07) is 9.42.